The summed E-state index contributed by atoms with van der Waals surface area (Å²) < 4.78 is 28.2. The van der Waals surface area contributed by atoms with Gasteiger partial charge >= 0.3 is 0 Å². The van der Waals surface area contributed by atoms with Crippen LogP contribution in [0.5, 0.6) is 0 Å². The molecule has 0 unspecified atom stereocenters. The third-order valence-electron chi connectivity index (χ3n) is 4.93. The lowest BCUT2D eigenvalue weighted by Gasteiger charge is -2.23. The minimum atomic E-state index is -3.89. The van der Waals surface area contributed by atoms with Crippen molar-refractivity contribution in [1.29, 1.82) is 0 Å². The Balaban J connectivity index is 1.99. The normalized spacial score (nSPS) is 19.9. The Labute approximate surface area is 158 Å². The molecule has 2 atom stereocenters. The second-order valence-corrected chi connectivity index (χ2v) is 8.41. The standard InChI is InChI=1S/C19H22N2O5S/c1-2-13-6-10-16(11-7-13)27(25,26)20-19-17-12-15(21(23)24)9-8-14(17)4-3-5-18(19)22/h6-12,18-20,22H,2-5H2,1H3/t18-,19-/m1/s1. The lowest BCUT2D eigenvalue weighted by molar-refractivity contribution is -0.385. The maximum Gasteiger partial charge on any atom is 0.269 e. The number of nitro benzene ring substituents is 1. The summed E-state index contributed by atoms with van der Waals surface area (Å²) in [6, 6.07) is 10.0. The van der Waals surface area contributed by atoms with Crippen LogP contribution in [-0.2, 0) is 22.9 Å². The third kappa shape index (κ3) is 4.18. The molecule has 3 rings (SSSR count). The monoisotopic (exact) mass is 390 g/mol. The summed E-state index contributed by atoms with van der Waals surface area (Å²) in [4.78, 5) is 10.7. The molecule has 0 heterocycles. The average molecular weight is 390 g/mol. The number of nitrogens with one attached hydrogen (secondary N) is 1. The van der Waals surface area contributed by atoms with Crippen molar-refractivity contribution in [3.05, 3.63) is 69.3 Å². The zero-order chi connectivity index (χ0) is 19.6. The quantitative estimate of drug-likeness (QED) is 0.463. The second kappa shape index (κ2) is 7.75. The first-order valence-corrected chi connectivity index (χ1v) is 10.4. The number of hydrogen-bond donors (Lipinski definition) is 2. The molecule has 0 amide bonds. The van der Waals surface area contributed by atoms with Crippen molar-refractivity contribution < 1.29 is 18.4 Å². The minimum absolute atomic E-state index is 0.100. The molecule has 2 aromatic carbocycles. The summed E-state index contributed by atoms with van der Waals surface area (Å²) in [7, 11) is -3.89. The highest BCUT2D eigenvalue weighted by molar-refractivity contribution is 7.89. The molecular formula is C19H22N2O5S. The number of non-ortho nitro benzene ring substituents is 1. The van der Waals surface area contributed by atoms with Crippen molar-refractivity contribution in [3.8, 4) is 0 Å². The molecule has 7 nitrogen and oxygen atoms in total. The summed E-state index contributed by atoms with van der Waals surface area (Å²) in [5.74, 6) is 0. The summed E-state index contributed by atoms with van der Waals surface area (Å²) in [6.45, 7) is 1.98. The van der Waals surface area contributed by atoms with Crippen LogP contribution in [0.4, 0.5) is 5.69 Å². The molecular weight excluding hydrogens is 368 g/mol. The number of nitro groups is 1. The van der Waals surface area contributed by atoms with Crippen LogP contribution in [0.3, 0.4) is 0 Å². The van der Waals surface area contributed by atoms with Gasteiger partial charge in [-0.25, -0.2) is 13.1 Å². The lowest BCUT2D eigenvalue weighted by atomic mass is 9.98. The SMILES string of the molecule is CCc1ccc(S(=O)(=O)N[C@@H]2c3cc([N+](=O)[O-])ccc3CCC[C@H]2O)cc1. The molecule has 2 aromatic rings. The van der Waals surface area contributed by atoms with Crippen LogP contribution in [-0.4, -0.2) is 24.6 Å². The summed E-state index contributed by atoms with van der Waals surface area (Å²) in [5, 5.41) is 21.7. The van der Waals surface area contributed by atoms with Gasteiger partial charge in [-0.2, -0.15) is 0 Å². The maximum absolute atomic E-state index is 12.8. The van der Waals surface area contributed by atoms with E-state index in [-0.39, 0.29) is 10.6 Å². The summed E-state index contributed by atoms with van der Waals surface area (Å²) in [6.07, 6.45) is 1.55. The second-order valence-electron chi connectivity index (χ2n) is 6.70. The van der Waals surface area contributed by atoms with E-state index in [0.717, 1.165) is 17.5 Å². The van der Waals surface area contributed by atoms with E-state index in [4.69, 9.17) is 0 Å². The zero-order valence-corrected chi connectivity index (χ0v) is 15.8. The van der Waals surface area contributed by atoms with Gasteiger partial charge in [0, 0.05) is 12.1 Å². The molecule has 1 aliphatic carbocycles. The number of nitrogens with zero attached hydrogens (tertiary/aromatic N) is 1. The fourth-order valence-electron chi connectivity index (χ4n) is 3.37. The van der Waals surface area contributed by atoms with E-state index in [0.29, 0.717) is 24.8 Å². The number of aliphatic hydroxyl groups excluding tert-OH is 1. The van der Waals surface area contributed by atoms with Crippen LogP contribution < -0.4 is 4.72 Å². The number of aliphatic hydroxyl groups is 1. The first-order valence-electron chi connectivity index (χ1n) is 8.88. The maximum atomic E-state index is 12.8. The smallest absolute Gasteiger partial charge is 0.269 e. The van der Waals surface area contributed by atoms with Crippen molar-refractivity contribution in [3.63, 3.8) is 0 Å². The molecule has 0 saturated heterocycles. The van der Waals surface area contributed by atoms with Crippen LogP contribution in [0, 0.1) is 10.1 Å². The summed E-state index contributed by atoms with van der Waals surface area (Å²) in [5.41, 5.74) is 2.16. The molecule has 0 fully saturated rings. The molecule has 144 valence electrons. The molecule has 27 heavy (non-hydrogen) atoms. The zero-order valence-electron chi connectivity index (χ0n) is 15.0. The van der Waals surface area contributed by atoms with Crippen LogP contribution in [0.2, 0.25) is 0 Å². The molecule has 0 aromatic heterocycles. The molecule has 0 saturated carbocycles. The third-order valence-corrected chi connectivity index (χ3v) is 6.39. The van der Waals surface area contributed by atoms with Gasteiger partial charge in [-0.1, -0.05) is 25.1 Å². The first kappa shape index (κ1) is 19.5. The Morgan fingerprint density at radius 1 is 1.22 bits per heavy atom. The number of aryl methyl sites for hydroxylation is 2. The van der Waals surface area contributed by atoms with Crippen molar-refractivity contribution in [1.82, 2.24) is 4.72 Å². The van der Waals surface area contributed by atoms with E-state index in [1.165, 1.54) is 24.3 Å². The van der Waals surface area contributed by atoms with Crippen molar-refractivity contribution >= 4 is 15.7 Å². The molecule has 0 radical (unpaired) electrons. The Bertz CT molecular complexity index is 941. The van der Waals surface area contributed by atoms with Gasteiger partial charge in [-0.05, 0) is 54.5 Å². The molecule has 0 aliphatic heterocycles. The average Bonchev–Trinajstić information content (AvgIpc) is 2.80. The van der Waals surface area contributed by atoms with Crippen molar-refractivity contribution in [2.75, 3.05) is 0 Å². The number of fused-ring (bicyclic) bond motifs is 1. The van der Waals surface area contributed by atoms with Gasteiger partial charge in [-0.15, -0.1) is 0 Å². The van der Waals surface area contributed by atoms with Crippen LogP contribution >= 0.6 is 0 Å². The lowest BCUT2D eigenvalue weighted by Crippen LogP contribution is -2.36. The minimum Gasteiger partial charge on any atom is -0.391 e. The largest absolute Gasteiger partial charge is 0.391 e. The van der Waals surface area contributed by atoms with E-state index in [9.17, 15) is 23.6 Å². The fourth-order valence-corrected chi connectivity index (χ4v) is 4.62. The number of hydrogen-bond acceptors (Lipinski definition) is 5. The van der Waals surface area contributed by atoms with Gasteiger partial charge in [0.1, 0.15) is 0 Å². The molecule has 1 aliphatic rings. The van der Waals surface area contributed by atoms with E-state index < -0.39 is 27.1 Å². The van der Waals surface area contributed by atoms with Crippen LogP contribution in [0.1, 0.15) is 42.5 Å². The number of sulfonamides is 1. The predicted octanol–water partition coefficient (Wildman–Crippen LogP) is 2.87. The van der Waals surface area contributed by atoms with Crippen molar-refractivity contribution in [2.24, 2.45) is 0 Å². The Morgan fingerprint density at radius 2 is 1.93 bits per heavy atom. The van der Waals surface area contributed by atoms with Crippen LogP contribution in [0.15, 0.2) is 47.4 Å². The van der Waals surface area contributed by atoms with Gasteiger partial charge in [-0.3, -0.25) is 10.1 Å². The highest BCUT2D eigenvalue weighted by Crippen LogP contribution is 2.33. The number of rotatable bonds is 5. The van der Waals surface area contributed by atoms with Gasteiger partial charge in [0.05, 0.1) is 22.0 Å². The highest BCUT2D eigenvalue weighted by atomic mass is 32.2. The van der Waals surface area contributed by atoms with Gasteiger partial charge in [0.25, 0.3) is 5.69 Å². The first-order chi connectivity index (χ1) is 12.8. The highest BCUT2D eigenvalue weighted by Gasteiger charge is 2.32. The Kier molecular flexibility index (Phi) is 5.59. The van der Waals surface area contributed by atoms with E-state index >= 15 is 0 Å². The van der Waals surface area contributed by atoms with Crippen LogP contribution in [0.25, 0.3) is 0 Å². The Hall–Kier alpha value is -2.29. The van der Waals surface area contributed by atoms with E-state index in [1.807, 2.05) is 6.92 Å². The predicted molar refractivity (Wildman–Crippen MR) is 101 cm³/mol. The molecule has 0 bridgehead atoms. The fraction of sp³-hybridized carbons (Fsp3) is 0.368. The van der Waals surface area contributed by atoms with E-state index in [1.54, 1.807) is 18.2 Å². The van der Waals surface area contributed by atoms with Crippen molar-refractivity contribution in [2.45, 2.75) is 49.6 Å². The van der Waals surface area contributed by atoms with Gasteiger partial charge in [0.15, 0.2) is 0 Å². The molecule has 8 heteroatoms. The van der Waals surface area contributed by atoms with Gasteiger partial charge < -0.3 is 5.11 Å². The molecule has 0 spiro atoms. The topological polar surface area (TPSA) is 110 Å². The molecule has 2 N–H and O–H groups in total. The Morgan fingerprint density at radius 3 is 2.56 bits per heavy atom. The van der Waals surface area contributed by atoms with E-state index in [2.05, 4.69) is 4.72 Å². The number of benzene rings is 2. The summed E-state index contributed by atoms with van der Waals surface area (Å²) >= 11 is 0. The van der Waals surface area contributed by atoms with Gasteiger partial charge in [0.2, 0.25) is 10.0 Å².